The molecule has 0 aliphatic carbocycles. The van der Waals surface area contributed by atoms with Crippen LogP contribution in [0.2, 0.25) is 0 Å². The van der Waals surface area contributed by atoms with E-state index in [0.717, 1.165) is 32.1 Å². The highest BCUT2D eigenvalue weighted by atomic mass is 16.3. The Morgan fingerprint density at radius 3 is 2.41 bits per heavy atom. The monoisotopic (exact) mass is 243 g/mol. The Morgan fingerprint density at radius 2 is 1.94 bits per heavy atom. The third kappa shape index (κ3) is 8.19. The number of hydrogen-bond acceptors (Lipinski definition) is 2. The summed E-state index contributed by atoms with van der Waals surface area (Å²) in [6.45, 7) is 8.71. The van der Waals surface area contributed by atoms with Crippen molar-refractivity contribution in [1.82, 2.24) is 5.32 Å². The highest BCUT2D eigenvalue weighted by Crippen LogP contribution is 2.12. The molecule has 0 radical (unpaired) electrons. The molecule has 102 valence electrons. The van der Waals surface area contributed by atoms with Crippen molar-refractivity contribution in [3.8, 4) is 0 Å². The van der Waals surface area contributed by atoms with E-state index in [1.807, 2.05) is 6.92 Å². The maximum Gasteiger partial charge on any atom is 0.223 e. The fourth-order valence-corrected chi connectivity index (χ4v) is 1.96. The highest BCUT2D eigenvalue weighted by Gasteiger charge is 2.16. The summed E-state index contributed by atoms with van der Waals surface area (Å²) in [5, 5.41) is 12.5. The second-order valence-corrected chi connectivity index (χ2v) is 5.28. The zero-order valence-corrected chi connectivity index (χ0v) is 11.8. The predicted molar refractivity (Wildman–Crippen MR) is 71.8 cm³/mol. The molecule has 17 heavy (non-hydrogen) atoms. The molecule has 0 aromatic carbocycles. The van der Waals surface area contributed by atoms with Crippen LogP contribution >= 0.6 is 0 Å². The minimum Gasteiger partial charge on any atom is -0.391 e. The van der Waals surface area contributed by atoms with Crippen LogP contribution in [-0.4, -0.2) is 23.7 Å². The van der Waals surface area contributed by atoms with Crippen molar-refractivity contribution in [3.63, 3.8) is 0 Å². The van der Waals surface area contributed by atoms with Crippen LogP contribution in [0.5, 0.6) is 0 Å². The third-order valence-corrected chi connectivity index (χ3v) is 3.03. The van der Waals surface area contributed by atoms with Crippen molar-refractivity contribution in [3.05, 3.63) is 0 Å². The maximum absolute atomic E-state index is 11.8. The maximum atomic E-state index is 11.8. The SMILES string of the molecule is CCCCC(CC)C(=O)NCC(O)CC(C)C. The van der Waals surface area contributed by atoms with Crippen LogP contribution in [0.15, 0.2) is 0 Å². The van der Waals surface area contributed by atoms with Gasteiger partial charge >= 0.3 is 0 Å². The van der Waals surface area contributed by atoms with Gasteiger partial charge in [-0.05, 0) is 25.2 Å². The molecule has 3 heteroatoms. The molecule has 2 atom stereocenters. The normalized spacial score (nSPS) is 14.7. The molecular formula is C14H29NO2. The van der Waals surface area contributed by atoms with Gasteiger partial charge in [0.1, 0.15) is 0 Å². The summed E-state index contributed by atoms with van der Waals surface area (Å²) in [6.07, 6.45) is 4.39. The topological polar surface area (TPSA) is 49.3 Å². The minimum atomic E-state index is -0.414. The molecule has 0 bridgehead atoms. The van der Waals surface area contributed by atoms with E-state index >= 15 is 0 Å². The number of carbonyl (C=O) groups excluding carboxylic acids is 1. The molecule has 1 amide bonds. The van der Waals surface area contributed by atoms with Gasteiger partial charge in [0.2, 0.25) is 5.91 Å². The number of unbranched alkanes of at least 4 members (excludes halogenated alkanes) is 1. The van der Waals surface area contributed by atoms with Crippen molar-refractivity contribution in [1.29, 1.82) is 0 Å². The van der Waals surface area contributed by atoms with Crippen LogP contribution in [0.1, 0.15) is 59.8 Å². The number of rotatable bonds is 9. The summed E-state index contributed by atoms with van der Waals surface area (Å²) in [5.41, 5.74) is 0. The van der Waals surface area contributed by atoms with Gasteiger partial charge < -0.3 is 10.4 Å². The number of aliphatic hydroxyl groups is 1. The van der Waals surface area contributed by atoms with Gasteiger partial charge in [0.25, 0.3) is 0 Å². The molecule has 0 rings (SSSR count). The molecule has 2 N–H and O–H groups in total. The van der Waals surface area contributed by atoms with Gasteiger partial charge in [-0.1, -0.05) is 40.5 Å². The Bertz CT molecular complexity index is 204. The van der Waals surface area contributed by atoms with Gasteiger partial charge in [-0.15, -0.1) is 0 Å². The smallest absolute Gasteiger partial charge is 0.223 e. The molecule has 0 saturated carbocycles. The van der Waals surface area contributed by atoms with Gasteiger partial charge in [0.05, 0.1) is 6.10 Å². The molecule has 0 aromatic heterocycles. The first-order chi connectivity index (χ1) is 8.01. The van der Waals surface area contributed by atoms with Crippen molar-refractivity contribution >= 4 is 5.91 Å². The summed E-state index contributed by atoms with van der Waals surface area (Å²) in [4.78, 5) is 11.8. The van der Waals surface area contributed by atoms with E-state index in [2.05, 4.69) is 26.1 Å². The fourth-order valence-electron chi connectivity index (χ4n) is 1.96. The van der Waals surface area contributed by atoms with Crippen LogP contribution in [0, 0.1) is 11.8 Å². The standard InChI is InChI=1S/C14H29NO2/c1-5-7-8-12(6-2)14(17)15-10-13(16)9-11(3)4/h11-13,16H,5-10H2,1-4H3,(H,15,17). The van der Waals surface area contributed by atoms with E-state index in [4.69, 9.17) is 0 Å². The Morgan fingerprint density at radius 1 is 1.29 bits per heavy atom. The van der Waals surface area contributed by atoms with Gasteiger partial charge in [-0.3, -0.25) is 4.79 Å². The molecule has 0 heterocycles. The second kappa shape index (κ2) is 9.46. The molecule has 0 spiro atoms. The van der Waals surface area contributed by atoms with Crippen molar-refractivity contribution in [2.24, 2.45) is 11.8 Å². The average molecular weight is 243 g/mol. The summed E-state index contributed by atoms with van der Waals surface area (Å²) < 4.78 is 0. The van der Waals surface area contributed by atoms with E-state index in [0.29, 0.717) is 12.5 Å². The largest absolute Gasteiger partial charge is 0.391 e. The van der Waals surface area contributed by atoms with Crippen LogP contribution in [0.3, 0.4) is 0 Å². The number of hydrogen-bond donors (Lipinski definition) is 2. The third-order valence-electron chi connectivity index (χ3n) is 3.03. The van der Waals surface area contributed by atoms with Crippen molar-refractivity contribution < 1.29 is 9.90 Å². The molecule has 0 aliphatic rings. The Hall–Kier alpha value is -0.570. The number of aliphatic hydroxyl groups excluding tert-OH is 1. The average Bonchev–Trinajstić information content (AvgIpc) is 2.26. The first-order valence-electron chi connectivity index (χ1n) is 6.96. The lowest BCUT2D eigenvalue weighted by atomic mass is 9.98. The number of carbonyl (C=O) groups is 1. The summed E-state index contributed by atoms with van der Waals surface area (Å²) in [7, 11) is 0. The summed E-state index contributed by atoms with van der Waals surface area (Å²) >= 11 is 0. The van der Waals surface area contributed by atoms with E-state index in [1.54, 1.807) is 0 Å². The van der Waals surface area contributed by atoms with Gasteiger partial charge in [0, 0.05) is 12.5 Å². The molecule has 0 saturated heterocycles. The van der Waals surface area contributed by atoms with Crippen LogP contribution in [-0.2, 0) is 4.79 Å². The van der Waals surface area contributed by atoms with Crippen molar-refractivity contribution in [2.45, 2.75) is 65.9 Å². The zero-order chi connectivity index (χ0) is 13.3. The molecule has 0 aliphatic heterocycles. The lowest BCUT2D eigenvalue weighted by molar-refractivity contribution is -0.125. The van der Waals surface area contributed by atoms with E-state index in [9.17, 15) is 9.90 Å². The highest BCUT2D eigenvalue weighted by molar-refractivity contribution is 5.78. The number of nitrogens with one attached hydrogen (secondary N) is 1. The van der Waals surface area contributed by atoms with Crippen LogP contribution in [0.25, 0.3) is 0 Å². The van der Waals surface area contributed by atoms with Crippen LogP contribution in [0.4, 0.5) is 0 Å². The van der Waals surface area contributed by atoms with E-state index in [-0.39, 0.29) is 11.8 Å². The molecular weight excluding hydrogens is 214 g/mol. The Balaban J connectivity index is 3.88. The summed E-state index contributed by atoms with van der Waals surface area (Å²) in [6, 6.07) is 0. The Labute approximate surface area is 106 Å². The fraction of sp³-hybridized carbons (Fsp3) is 0.929. The Kier molecular flexibility index (Phi) is 9.14. The lowest BCUT2D eigenvalue weighted by Gasteiger charge is -2.17. The predicted octanol–water partition coefficient (Wildman–Crippen LogP) is 2.73. The van der Waals surface area contributed by atoms with Crippen molar-refractivity contribution in [2.75, 3.05) is 6.54 Å². The minimum absolute atomic E-state index is 0.101. The molecule has 0 aromatic rings. The van der Waals surface area contributed by atoms with Gasteiger partial charge in [-0.2, -0.15) is 0 Å². The van der Waals surface area contributed by atoms with Gasteiger partial charge in [0.15, 0.2) is 0 Å². The first kappa shape index (κ1) is 16.4. The van der Waals surface area contributed by atoms with E-state index in [1.165, 1.54) is 0 Å². The quantitative estimate of drug-likeness (QED) is 0.654. The second-order valence-electron chi connectivity index (χ2n) is 5.28. The summed E-state index contributed by atoms with van der Waals surface area (Å²) in [5.74, 6) is 0.675. The van der Waals surface area contributed by atoms with E-state index < -0.39 is 6.10 Å². The number of amides is 1. The molecule has 0 fully saturated rings. The lowest BCUT2D eigenvalue weighted by Crippen LogP contribution is -2.36. The van der Waals surface area contributed by atoms with Gasteiger partial charge in [-0.25, -0.2) is 0 Å². The molecule has 2 unspecified atom stereocenters. The zero-order valence-electron chi connectivity index (χ0n) is 11.8. The molecule has 3 nitrogen and oxygen atoms in total. The van der Waals surface area contributed by atoms with Crippen LogP contribution < -0.4 is 5.32 Å². The first-order valence-corrected chi connectivity index (χ1v) is 6.96.